The molecule has 0 aliphatic carbocycles. The Morgan fingerprint density at radius 2 is 1.68 bits per heavy atom. The van der Waals surface area contributed by atoms with Crippen LogP contribution in [0.5, 0.6) is 11.5 Å². The Hall–Kier alpha value is -4.19. The van der Waals surface area contributed by atoms with Gasteiger partial charge in [-0.25, -0.2) is 4.98 Å². The van der Waals surface area contributed by atoms with E-state index in [1.165, 1.54) is 11.4 Å². The summed E-state index contributed by atoms with van der Waals surface area (Å²) in [6.07, 6.45) is 1.56. The Balaban J connectivity index is 1.28. The van der Waals surface area contributed by atoms with Gasteiger partial charge >= 0.3 is 5.78 Å². The Morgan fingerprint density at radius 1 is 0.871 bits per heavy atom. The van der Waals surface area contributed by atoms with Crippen LogP contribution in [-0.4, -0.2) is 18.7 Å². The summed E-state index contributed by atoms with van der Waals surface area (Å²) in [5.74, 6) is 2.40. The summed E-state index contributed by atoms with van der Waals surface area (Å²) < 4.78 is 17.1. The maximum absolute atomic E-state index is 6.18. The molecule has 0 radical (unpaired) electrons. The first-order chi connectivity index (χ1) is 15.2. The molecule has 0 fully saturated rings. The number of fused-ring (bicyclic) bond motifs is 2. The summed E-state index contributed by atoms with van der Waals surface area (Å²) in [5, 5.41) is 0. The molecule has 0 unspecified atom stereocenters. The summed E-state index contributed by atoms with van der Waals surface area (Å²) in [6, 6.07) is 26.0. The molecule has 1 aliphatic rings. The largest absolute Gasteiger partial charge is 0.457 e. The van der Waals surface area contributed by atoms with Gasteiger partial charge in [0.05, 0.1) is 24.3 Å². The van der Waals surface area contributed by atoms with Crippen molar-refractivity contribution < 1.29 is 13.6 Å². The molecule has 0 saturated carbocycles. The van der Waals surface area contributed by atoms with Crippen molar-refractivity contribution in [2.24, 2.45) is 0 Å². The van der Waals surface area contributed by atoms with Gasteiger partial charge < -0.3 is 23.4 Å². The predicted molar refractivity (Wildman–Crippen MR) is 120 cm³/mol. The molecule has 0 bridgehead atoms. The number of oxazole rings is 1. The molecular weight excluding hydrogens is 390 g/mol. The van der Waals surface area contributed by atoms with E-state index in [9.17, 15) is 0 Å². The molecule has 6 rings (SSSR count). The molecule has 31 heavy (non-hydrogen) atoms. The molecule has 1 aliphatic heterocycles. The van der Waals surface area contributed by atoms with Crippen molar-refractivity contribution in [1.29, 1.82) is 0 Å². The second-order valence-electron chi connectivity index (χ2n) is 7.50. The van der Waals surface area contributed by atoms with Gasteiger partial charge in [-0.05, 0) is 42.5 Å². The van der Waals surface area contributed by atoms with Gasteiger partial charge in [0.25, 0.3) is 0 Å². The Kier molecular flexibility index (Phi) is 3.96. The predicted octanol–water partition coefficient (Wildman–Crippen LogP) is 6.43. The lowest BCUT2D eigenvalue weighted by Crippen LogP contribution is -2.23. The molecule has 0 atom stereocenters. The van der Waals surface area contributed by atoms with Gasteiger partial charge in [0.15, 0.2) is 5.52 Å². The molecular formula is C25H19N3O3. The van der Waals surface area contributed by atoms with Crippen LogP contribution in [0.1, 0.15) is 0 Å². The second kappa shape index (κ2) is 6.95. The van der Waals surface area contributed by atoms with Crippen LogP contribution in [0.4, 0.5) is 17.1 Å². The van der Waals surface area contributed by atoms with E-state index in [4.69, 9.17) is 13.6 Å². The first-order valence-electron chi connectivity index (χ1n) is 10.0. The van der Waals surface area contributed by atoms with Crippen LogP contribution >= 0.6 is 0 Å². The maximum atomic E-state index is 6.18. The number of aromatic nitrogens is 1. The van der Waals surface area contributed by atoms with Crippen molar-refractivity contribution in [3.8, 4) is 23.0 Å². The third-order valence-electron chi connectivity index (χ3n) is 5.40. The van der Waals surface area contributed by atoms with E-state index >= 15 is 0 Å². The number of furan rings is 1. The molecule has 0 amide bonds. The van der Waals surface area contributed by atoms with Crippen molar-refractivity contribution in [3.05, 3.63) is 85.1 Å². The Labute approximate surface area is 178 Å². The Morgan fingerprint density at radius 3 is 2.55 bits per heavy atom. The lowest BCUT2D eigenvalue weighted by Gasteiger charge is -2.20. The number of ether oxygens (including phenoxy) is 1. The molecule has 6 heteroatoms. The zero-order valence-corrected chi connectivity index (χ0v) is 16.9. The average Bonchev–Trinajstić information content (AvgIpc) is 3.48. The van der Waals surface area contributed by atoms with Crippen LogP contribution in [0, 0.1) is 0 Å². The second-order valence-corrected chi connectivity index (χ2v) is 7.50. The quantitative estimate of drug-likeness (QED) is 0.341. The van der Waals surface area contributed by atoms with Crippen LogP contribution in [0.15, 0.2) is 94.0 Å². The minimum atomic E-state index is 0.421. The van der Waals surface area contributed by atoms with E-state index in [2.05, 4.69) is 58.2 Å². The molecule has 0 saturated heterocycles. The number of hydrogen-bond donors (Lipinski definition) is 0. The topological polar surface area (TPSA) is 54.9 Å². The molecule has 0 N–H and O–H groups in total. The lowest BCUT2D eigenvalue weighted by molar-refractivity contribution is 0.477. The number of para-hydroxylation sites is 2. The fourth-order valence-electron chi connectivity index (χ4n) is 3.94. The third kappa shape index (κ3) is 3.09. The minimum Gasteiger partial charge on any atom is -0.457 e. The van der Waals surface area contributed by atoms with Gasteiger partial charge in [0.2, 0.25) is 5.89 Å². The van der Waals surface area contributed by atoms with Crippen molar-refractivity contribution >= 4 is 28.4 Å². The SMILES string of the molecule is CN1CN(c2cccc(Oc3cccc(-c4nc5ccoc5o4)c3)c2)c2ccccc21. The highest BCUT2D eigenvalue weighted by Crippen LogP contribution is 2.40. The van der Waals surface area contributed by atoms with Crippen LogP contribution in [0.25, 0.3) is 22.8 Å². The highest BCUT2D eigenvalue weighted by atomic mass is 16.5. The zero-order chi connectivity index (χ0) is 20.8. The molecule has 152 valence electrons. The summed E-state index contributed by atoms with van der Waals surface area (Å²) in [4.78, 5) is 8.97. The molecule has 3 heterocycles. The van der Waals surface area contributed by atoms with E-state index in [1.807, 2.05) is 36.4 Å². The smallest absolute Gasteiger partial charge is 0.318 e. The first kappa shape index (κ1) is 17.7. The van der Waals surface area contributed by atoms with Gasteiger partial charge in [0.1, 0.15) is 11.5 Å². The summed E-state index contributed by atoms with van der Waals surface area (Å²) in [5.41, 5.74) is 5.02. The Bertz CT molecular complexity index is 1360. The standard InChI is InChI=1S/C25H19N3O3/c1-27-16-28(23-11-3-2-10-22(23)27)18-7-5-9-20(15-18)30-19-8-4-6-17(14-19)24-26-21-12-13-29-25(21)31-24/h2-15H,16H2,1H3. The molecule has 6 nitrogen and oxygen atoms in total. The number of hydrogen-bond acceptors (Lipinski definition) is 6. The van der Waals surface area contributed by atoms with E-state index in [0.717, 1.165) is 23.7 Å². The number of benzene rings is 3. The van der Waals surface area contributed by atoms with E-state index < -0.39 is 0 Å². The zero-order valence-electron chi connectivity index (χ0n) is 16.9. The number of nitrogens with zero attached hydrogens (tertiary/aromatic N) is 3. The highest BCUT2D eigenvalue weighted by Gasteiger charge is 2.24. The van der Waals surface area contributed by atoms with Gasteiger partial charge in [-0.3, -0.25) is 0 Å². The van der Waals surface area contributed by atoms with Crippen molar-refractivity contribution in [1.82, 2.24) is 4.98 Å². The molecule has 2 aromatic heterocycles. The third-order valence-corrected chi connectivity index (χ3v) is 5.40. The van der Waals surface area contributed by atoms with E-state index in [-0.39, 0.29) is 0 Å². The lowest BCUT2D eigenvalue weighted by atomic mass is 10.2. The van der Waals surface area contributed by atoms with Gasteiger partial charge in [-0.1, -0.05) is 24.3 Å². The molecule has 3 aromatic carbocycles. The average molecular weight is 409 g/mol. The fourth-order valence-corrected chi connectivity index (χ4v) is 3.94. The number of anilines is 3. The molecule has 0 spiro atoms. The minimum absolute atomic E-state index is 0.421. The van der Waals surface area contributed by atoms with Crippen molar-refractivity contribution in [3.63, 3.8) is 0 Å². The normalized spacial score (nSPS) is 13.1. The van der Waals surface area contributed by atoms with Crippen LogP contribution in [0.3, 0.4) is 0 Å². The maximum Gasteiger partial charge on any atom is 0.318 e. The summed E-state index contributed by atoms with van der Waals surface area (Å²) in [7, 11) is 2.10. The van der Waals surface area contributed by atoms with Crippen LogP contribution in [-0.2, 0) is 0 Å². The molecule has 5 aromatic rings. The van der Waals surface area contributed by atoms with Crippen LogP contribution < -0.4 is 14.5 Å². The van der Waals surface area contributed by atoms with Crippen molar-refractivity contribution in [2.75, 3.05) is 23.5 Å². The highest BCUT2D eigenvalue weighted by molar-refractivity contribution is 5.82. The first-order valence-corrected chi connectivity index (χ1v) is 10.0. The number of rotatable bonds is 4. The summed E-state index contributed by atoms with van der Waals surface area (Å²) in [6.45, 7) is 0.795. The van der Waals surface area contributed by atoms with Crippen molar-refractivity contribution in [2.45, 2.75) is 0 Å². The van der Waals surface area contributed by atoms with E-state index in [1.54, 1.807) is 12.3 Å². The summed E-state index contributed by atoms with van der Waals surface area (Å²) >= 11 is 0. The van der Waals surface area contributed by atoms with Gasteiger partial charge in [-0.15, -0.1) is 0 Å². The van der Waals surface area contributed by atoms with Crippen LogP contribution in [0.2, 0.25) is 0 Å². The fraction of sp³-hybridized carbons (Fsp3) is 0.0800. The monoisotopic (exact) mass is 409 g/mol. The van der Waals surface area contributed by atoms with E-state index in [0.29, 0.717) is 22.9 Å². The van der Waals surface area contributed by atoms with Gasteiger partial charge in [0, 0.05) is 30.4 Å². The van der Waals surface area contributed by atoms with Gasteiger partial charge in [-0.2, -0.15) is 0 Å².